The molecule has 0 bridgehead atoms. The first-order chi connectivity index (χ1) is 10.1. The summed E-state index contributed by atoms with van der Waals surface area (Å²) in [6.45, 7) is 2.08. The van der Waals surface area contributed by atoms with Crippen molar-refractivity contribution in [3.05, 3.63) is 71.8 Å². The number of aryl methyl sites for hydroxylation is 1. The maximum absolute atomic E-state index is 5.81. The first-order valence-corrected chi connectivity index (χ1v) is 7.21. The van der Waals surface area contributed by atoms with Crippen molar-refractivity contribution in [1.29, 1.82) is 0 Å². The maximum Gasteiger partial charge on any atom is 0.104 e. The Bertz CT molecular complexity index is 807. The number of thiocarbonyl (C=S) groups is 1. The largest absolute Gasteiger partial charge is 0.389 e. The summed E-state index contributed by atoms with van der Waals surface area (Å²) >= 11 is 5.13. The second-order valence-corrected chi connectivity index (χ2v) is 5.50. The molecule has 0 radical (unpaired) electrons. The Morgan fingerprint density at radius 1 is 0.905 bits per heavy atom. The predicted molar refractivity (Wildman–Crippen MR) is 94.3 cm³/mol. The number of benzene rings is 3. The molecule has 104 valence electrons. The van der Waals surface area contributed by atoms with Crippen molar-refractivity contribution in [2.24, 2.45) is 5.73 Å². The molecule has 0 saturated heterocycles. The summed E-state index contributed by atoms with van der Waals surface area (Å²) in [5, 5.41) is 5.64. The summed E-state index contributed by atoms with van der Waals surface area (Å²) in [6, 6.07) is 20.5. The van der Waals surface area contributed by atoms with Gasteiger partial charge in [-0.15, -0.1) is 0 Å². The standard InChI is InChI=1S/C18H16N2S/c1-12-6-8-13(9-7-12)20-17-11-10-16(18(19)21)14-4-2-3-5-15(14)17/h2-11,20H,1H3,(H2,19,21). The van der Waals surface area contributed by atoms with Crippen molar-refractivity contribution in [2.75, 3.05) is 5.32 Å². The molecule has 0 spiro atoms. The van der Waals surface area contributed by atoms with Gasteiger partial charge in [0.15, 0.2) is 0 Å². The van der Waals surface area contributed by atoms with Crippen LogP contribution in [0.15, 0.2) is 60.7 Å². The predicted octanol–water partition coefficient (Wildman–Crippen LogP) is 4.53. The molecule has 3 N–H and O–H groups in total. The molecule has 3 aromatic carbocycles. The van der Waals surface area contributed by atoms with Crippen molar-refractivity contribution in [3.8, 4) is 0 Å². The number of nitrogens with one attached hydrogen (secondary N) is 1. The highest BCUT2D eigenvalue weighted by Gasteiger charge is 2.07. The highest BCUT2D eigenvalue weighted by atomic mass is 32.1. The van der Waals surface area contributed by atoms with Crippen LogP contribution in [0.25, 0.3) is 10.8 Å². The van der Waals surface area contributed by atoms with E-state index < -0.39 is 0 Å². The molecule has 0 aliphatic carbocycles. The highest BCUT2D eigenvalue weighted by Crippen LogP contribution is 2.29. The maximum atomic E-state index is 5.81. The molecule has 21 heavy (non-hydrogen) atoms. The van der Waals surface area contributed by atoms with Crippen LogP contribution in [0.5, 0.6) is 0 Å². The lowest BCUT2D eigenvalue weighted by Gasteiger charge is -2.13. The smallest absolute Gasteiger partial charge is 0.104 e. The molecule has 0 saturated carbocycles. The summed E-state index contributed by atoms with van der Waals surface area (Å²) in [7, 11) is 0. The molecule has 0 amide bonds. The van der Waals surface area contributed by atoms with Crippen molar-refractivity contribution < 1.29 is 0 Å². The minimum atomic E-state index is 0.424. The zero-order valence-corrected chi connectivity index (χ0v) is 12.6. The van der Waals surface area contributed by atoms with Crippen LogP contribution in [0.1, 0.15) is 11.1 Å². The van der Waals surface area contributed by atoms with Crippen LogP contribution in [-0.2, 0) is 0 Å². The van der Waals surface area contributed by atoms with E-state index in [0.717, 1.165) is 27.7 Å². The number of nitrogens with two attached hydrogens (primary N) is 1. The quantitative estimate of drug-likeness (QED) is 0.697. The average Bonchev–Trinajstić information content (AvgIpc) is 2.49. The lowest BCUT2D eigenvalue weighted by atomic mass is 10.0. The second-order valence-electron chi connectivity index (χ2n) is 5.06. The van der Waals surface area contributed by atoms with Crippen molar-refractivity contribution in [1.82, 2.24) is 0 Å². The van der Waals surface area contributed by atoms with Gasteiger partial charge in [-0.05, 0) is 36.6 Å². The van der Waals surface area contributed by atoms with Gasteiger partial charge in [-0.3, -0.25) is 0 Å². The Morgan fingerprint density at radius 2 is 1.57 bits per heavy atom. The van der Waals surface area contributed by atoms with Crippen LogP contribution in [-0.4, -0.2) is 4.99 Å². The summed E-state index contributed by atoms with van der Waals surface area (Å²) in [5.41, 5.74) is 10.1. The third-order valence-electron chi connectivity index (χ3n) is 3.52. The third-order valence-corrected chi connectivity index (χ3v) is 3.74. The number of anilines is 2. The molecule has 0 aromatic heterocycles. The van der Waals surface area contributed by atoms with E-state index >= 15 is 0 Å². The van der Waals surface area contributed by atoms with Gasteiger partial charge in [0.2, 0.25) is 0 Å². The van der Waals surface area contributed by atoms with Gasteiger partial charge in [-0.1, -0.05) is 54.2 Å². The minimum absolute atomic E-state index is 0.424. The Balaban J connectivity index is 2.09. The molecule has 3 aromatic rings. The molecular formula is C18H16N2S. The molecular weight excluding hydrogens is 276 g/mol. The first-order valence-electron chi connectivity index (χ1n) is 6.80. The van der Waals surface area contributed by atoms with Crippen LogP contribution in [0.2, 0.25) is 0 Å². The molecule has 0 fully saturated rings. The minimum Gasteiger partial charge on any atom is -0.389 e. The molecule has 0 aliphatic heterocycles. The second kappa shape index (κ2) is 5.54. The van der Waals surface area contributed by atoms with Crippen LogP contribution >= 0.6 is 12.2 Å². The van der Waals surface area contributed by atoms with Gasteiger partial charge >= 0.3 is 0 Å². The number of fused-ring (bicyclic) bond motifs is 1. The highest BCUT2D eigenvalue weighted by molar-refractivity contribution is 7.80. The van der Waals surface area contributed by atoms with E-state index in [-0.39, 0.29) is 0 Å². The van der Waals surface area contributed by atoms with E-state index in [1.807, 2.05) is 30.3 Å². The monoisotopic (exact) mass is 292 g/mol. The molecule has 0 atom stereocenters. The molecule has 3 rings (SSSR count). The normalized spacial score (nSPS) is 10.5. The van der Waals surface area contributed by atoms with Crippen LogP contribution in [0, 0.1) is 6.92 Å². The van der Waals surface area contributed by atoms with Gasteiger partial charge in [0.05, 0.1) is 0 Å². The van der Waals surface area contributed by atoms with Crippen LogP contribution in [0.4, 0.5) is 11.4 Å². The van der Waals surface area contributed by atoms with E-state index in [1.165, 1.54) is 5.56 Å². The average molecular weight is 292 g/mol. The van der Waals surface area contributed by atoms with Crippen molar-refractivity contribution in [3.63, 3.8) is 0 Å². The van der Waals surface area contributed by atoms with Crippen molar-refractivity contribution in [2.45, 2.75) is 6.92 Å². The summed E-state index contributed by atoms with van der Waals surface area (Å²) in [5.74, 6) is 0. The van der Waals surface area contributed by atoms with Gasteiger partial charge < -0.3 is 11.1 Å². The molecule has 0 heterocycles. The van der Waals surface area contributed by atoms with Crippen molar-refractivity contribution >= 4 is 39.4 Å². The van der Waals surface area contributed by atoms with E-state index in [4.69, 9.17) is 18.0 Å². The molecule has 2 nitrogen and oxygen atoms in total. The fourth-order valence-electron chi connectivity index (χ4n) is 2.42. The zero-order chi connectivity index (χ0) is 14.8. The molecule has 0 unspecified atom stereocenters. The van der Waals surface area contributed by atoms with Gasteiger partial charge in [-0.2, -0.15) is 0 Å². The number of rotatable bonds is 3. The Hall–Kier alpha value is -2.39. The fraction of sp³-hybridized carbons (Fsp3) is 0.0556. The topological polar surface area (TPSA) is 38.0 Å². The lowest BCUT2D eigenvalue weighted by molar-refractivity contribution is 1.46. The van der Waals surface area contributed by atoms with Crippen LogP contribution in [0.3, 0.4) is 0 Å². The molecule has 0 aliphatic rings. The van der Waals surface area contributed by atoms with Gasteiger partial charge in [-0.25, -0.2) is 0 Å². The van der Waals surface area contributed by atoms with Gasteiger partial charge in [0.1, 0.15) is 4.99 Å². The third kappa shape index (κ3) is 2.73. The fourth-order valence-corrected chi connectivity index (χ4v) is 2.59. The van der Waals surface area contributed by atoms with Gasteiger partial charge in [0, 0.05) is 22.3 Å². The summed E-state index contributed by atoms with van der Waals surface area (Å²) < 4.78 is 0. The summed E-state index contributed by atoms with van der Waals surface area (Å²) in [4.78, 5) is 0.424. The first kappa shape index (κ1) is 13.6. The van der Waals surface area contributed by atoms with E-state index in [0.29, 0.717) is 4.99 Å². The zero-order valence-electron chi connectivity index (χ0n) is 11.8. The Labute approximate surface area is 129 Å². The lowest BCUT2D eigenvalue weighted by Crippen LogP contribution is -2.10. The summed E-state index contributed by atoms with van der Waals surface area (Å²) in [6.07, 6.45) is 0. The Morgan fingerprint density at radius 3 is 2.24 bits per heavy atom. The van der Waals surface area contributed by atoms with Crippen LogP contribution < -0.4 is 11.1 Å². The number of hydrogen-bond donors (Lipinski definition) is 2. The van der Waals surface area contributed by atoms with Gasteiger partial charge in [0.25, 0.3) is 0 Å². The van der Waals surface area contributed by atoms with E-state index in [9.17, 15) is 0 Å². The SMILES string of the molecule is Cc1ccc(Nc2ccc(C(N)=S)c3ccccc23)cc1. The van der Waals surface area contributed by atoms with E-state index in [1.54, 1.807) is 0 Å². The molecule has 3 heteroatoms. The van der Waals surface area contributed by atoms with E-state index in [2.05, 4.69) is 42.6 Å². The Kier molecular flexibility index (Phi) is 3.59. The number of hydrogen-bond acceptors (Lipinski definition) is 2.